The van der Waals surface area contributed by atoms with E-state index in [-0.39, 0.29) is 27.2 Å². The molecule has 232 valence electrons. The average molecular weight is 670 g/mol. The van der Waals surface area contributed by atoms with Gasteiger partial charge in [0.25, 0.3) is 0 Å². The molecule has 2 aromatic carbocycles. The number of pyridine rings is 1. The summed E-state index contributed by atoms with van der Waals surface area (Å²) in [5, 5.41) is 13.9. The fourth-order valence-corrected chi connectivity index (χ4v) is 8.69. The Kier molecular flexibility index (Phi) is 9.73. The molecule has 2 N–H and O–H groups in total. The van der Waals surface area contributed by atoms with Crippen molar-refractivity contribution in [2.45, 2.75) is 61.6 Å². The molecule has 1 aromatic heterocycles. The standard InChI is InChI=1S/C33H35AsF3N3O4/c1-21(41)22-4-2-5-23(16-22)25-8-9-29(38-18-25)32(44)13-10-28(11-14-32)40-15-12-27(20-40)34-30(42)19-39-31(43)24-6-3-7-26(17-24)33(35,36)37/h2-9,16-18,27-28,34,44H,10-15,19-20H2,1H3,(H,39,43)/t27-,28?,32?/m1/s1. The van der Waals surface area contributed by atoms with Crippen LogP contribution in [0.4, 0.5) is 13.2 Å². The minimum Gasteiger partial charge on any atom is -0.0435 e. The van der Waals surface area contributed by atoms with Gasteiger partial charge in [-0.3, -0.25) is 4.79 Å². The van der Waals surface area contributed by atoms with Crippen LogP contribution in [-0.4, -0.2) is 72.7 Å². The quantitative estimate of drug-likeness (QED) is 0.246. The van der Waals surface area contributed by atoms with Crippen LogP contribution in [-0.2, 0) is 16.6 Å². The van der Waals surface area contributed by atoms with Gasteiger partial charge in [-0.05, 0) is 13.0 Å². The van der Waals surface area contributed by atoms with Crippen molar-refractivity contribution in [1.82, 2.24) is 15.2 Å². The summed E-state index contributed by atoms with van der Waals surface area (Å²) in [6.45, 7) is 3.06. The van der Waals surface area contributed by atoms with E-state index >= 15 is 0 Å². The Morgan fingerprint density at radius 1 is 1.00 bits per heavy atom. The van der Waals surface area contributed by atoms with Gasteiger partial charge in [0.1, 0.15) is 0 Å². The van der Waals surface area contributed by atoms with Crippen LogP contribution >= 0.6 is 0 Å². The summed E-state index contributed by atoms with van der Waals surface area (Å²) >= 11 is -1.01. The first-order chi connectivity index (χ1) is 20.9. The van der Waals surface area contributed by atoms with Crippen molar-refractivity contribution < 1.29 is 32.7 Å². The zero-order chi connectivity index (χ0) is 31.5. The summed E-state index contributed by atoms with van der Waals surface area (Å²) in [5.74, 6) is -0.688. The van der Waals surface area contributed by atoms with Crippen LogP contribution in [0.1, 0.15) is 71.0 Å². The summed E-state index contributed by atoms with van der Waals surface area (Å²) in [7, 11) is 0. The Balaban J connectivity index is 1.08. The van der Waals surface area contributed by atoms with Crippen molar-refractivity contribution in [2.75, 3.05) is 19.6 Å². The van der Waals surface area contributed by atoms with Gasteiger partial charge in [0, 0.05) is 5.56 Å². The molecule has 2 aliphatic rings. The molecule has 0 bridgehead atoms. The smallest absolute Gasteiger partial charge is 0.0435 e. The molecular formula is C33H35AsF3N3O4. The fourth-order valence-electron chi connectivity index (χ4n) is 6.07. The van der Waals surface area contributed by atoms with E-state index in [0.717, 1.165) is 55.6 Å². The maximum Gasteiger partial charge on any atom is -0.0435 e. The molecule has 44 heavy (non-hydrogen) atoms. The minimum absolute atomic E-state index is 0.00138. The third-order valence-corrected chi connectivity index (χ3v) is 11.5. The molecule has 1 aliphatic carbocycles. The first-order valence-corrected chi connectivity index (χ1v) is 17.0. The van der Waals surface area contributed by atoms with E-state index in [1.54, 1.807) is 12.3 Å². The number of benzene rings is 2. The van der Waals surface area contributed by atoms with Crippen molar-refractivity contribution in [3.63, 3.8) is 0 Å². The Labute approximate surface area is 260 Å². The van der Waals surface area contributed by atoms with Gasteiger partial charge in [-0.1, -0.05) is 18.2 Å². The monoisotopic (exact) mass is 669 g/mol. The van der Waals surface area contributed by atoms with Gasteiger partial charge >= 0.3 is 214 Å². The van der Waals surface area contributed by atoms with Crippen LogP contribution in [0.2, 0.25) is 4.71 Å². The first kappa shape index (κ1) is 32.1. The molecule has 2 atom stereocenters. The van der Waals surface area contributed by atoms with Gasteiger partial charge < -0.3 is 0 Å². The topological polar surface area (TPSA) is 99.6 Å². The summed E-state index contributed by atoms with van der Waals surface area (Å²) in [4.78, 5) is 43.7. The van der Waals surface area contributed by atoms with E-state index in [1.165, 1.54) is 19.1 Å². The Morgan fingerprint density at radius 2 is 1.73 bits per heavy atom. The molecule has 2 fully saturated rings. The Bertz CT molecular complexity index is 1520. The van der Waals surface area contributed by atoms with Crippen LogP contribution < -0.4 is 5.32 Å². The number of aromatic nitrogens is 1. The largest absolute Gasteiger partial charge is 0.0435 e. The number of nitrogens with zero attached hydrogens (tertiary/aromatic N) is 2. The van der Waals surface area contributed by atoms with E-state index < -0.39 is 39.0 Å². The van der Waals surface area contributed by atoms with Gasteiger partial charge in [-0.2, -0.15) is 0 Å². The van der Waals surface area contributed by atoms with Gasteiger partial charge in [-0.25, -0.2) is 0 Å². The number of rotatable bonds is 9. The number of nitrogens with one attached hydrogen (secondary N) is 1. The summed E-state index contributed by atoms with van der Waals surface area (Å²) in [6.07, 6.45) is 0.902. The molecule has 11 heteroatoms. The minimum atomic E-state index is -4.54. The number of hydrogen-bond donors (Lipinski definition) is 2. The van der Waals surface area contributed by atoms with Crippen molar-refractivity contribution in [3.05, 3.63) is 89.2 Å². The number of likely N-dealkylation sites (tertiary alicyclic amines) is 1. The second-order valence-corrected chi connectivity index (χ2v) is 15.1. The number of carbonyl (C=O) groups excluding carboxylic acids is 3. The predicted octanol–water partition coefficient (Wildman–Crippen LogP) is 4.99. The molecule has 0 spiro atoms. The number of aliphatic hydroxyl groups is 1. The third kappa shape index (κ3) is 7.65. The van der Waals surface area contributed by atoms with E-state index in [0.29, 0.717) is 30.1 Å². The van der Waals surface area contributed by atoms with Gasteiger partial charge in [-0.15, -0.1) is 0 Å². The molecular weight excluding hydrogens is 634 g/mol. The van der Waals surface area contributed by atoms with Crippen molar-refractivity contribution in [1.29, 1.82) is 0 Å². The number of hydrogen-bond acceptors (Lipinski definition) is 6. The molecule has 5 rings (SSSR count). The number of carbonyl (C=O) groups is 3. The Morgan fingerprint density at radius 3 is 2.41 bits per heavy atom. The molecule has 3 aromatic rings. The van der Waals surface area contributed by atoms with Crippen molar-refractivity contribution >= 4 is 32.0 Å². The maximum absolute atomic E-state index is 12.9. The molecule has 0 radical (unpaired) electrons. The predicted molar refractivity (Wildman–Crippen MR) is 162 cm³/mol. The summed E-state index contributed by atoms with van der Waals surface area (Å²) < 4.78 is 39.1. The molecule has 7 nitrogen and oxygen atoms in total. The van der Waals surface area contributed by atoms with Crippen LogP contribution in [0.3, 0.4) is 0 Å². The normalized spacial score (nSPS) is 22.8. The third-order valence-electron chi connectivity index (χ3n) is 8.59. The number of alkyl halides is 3. The molecule has 1 amide bonds. The molecule has 1 unspecified atom stereocenters. The molecule has 1 aliphatic heterocycles. The second kappa shape index (κ2) is 13.3. The van der Waals surface area contributed by atoms with E-state index in [9.17, 15) is 32.7 Å². The van der Waals surface area contributed by atoms with E-state index in [4.69, 9.17) is 0 Å². The Hall–Kier alpha value is -3.33. The van der Waals surface area contributed by atoms with Crippen LogP contribution in [0.25, 0.3) is 11.1 Å². The first-order valence-electron chi connectivity index (χ1n) is 14.7. The zero-order valence-electron chi connectivity index (χ0n) is 24.4. The number of ketones is 1. The fraction of sp³-hybridized carbons (Fsp3) is 0.394. The number of Topliss-reactive ketones (excluding diaryl/α,β-unsaturated/α-hetero) is 1. The summed E-state index contributed by atoms with van der Waals surface area (Å²) in [5.41, 5.74) is 1.03. The van der Waals surface area contributed by atoms with Crippen LogP contribution in [0.15, 0.2) is 66.9 Å². The number of halogens is 3. The zero-order valence-corrected chi connectivity index (χ0v) is 26.5. The SMILES string of the molecule is CC(=O)c1cccc(-c2ccc(C3(O)CCC(N4CC[C@@H]([AsH]C(=O)CNC(=O)c5cccc(C(F)(F)F)c5)C4)CC3)nc2)c1. The summed E-state index contributed by atoms with van der Waals surface area (Å²) in [6, 6.07) is 15.7. The van der Waals surface area contributed by atoms with Gasteiger partial charge in [0.15, 0.2) is 5.78 Å². The maximum atomic E-state index is 12.9. The van der Waals surface area contributed by atoms with Crippen LogP contribution in [0.5, 0.6) is 0 Å². The van der Waals surface area contributed by atoms with E-state index in [1.807, 2.05) is 30.3 Å². The molecule has 1 saturated carbocycles. The average Bonchev–Trinajstić information content (AvgIpc) is 3.48. The molecule has 2 heterocycles. The van der Waals surface area contributed by atoms with Gasteiger partial charge in [0.05, 0.1) is 0 Å². The molecule has 1 saturated heterocycles. The van der Waals surface area contributed by atoms with Gasteiger partial charge in [0.2, 0.25) is 0 Å². The second-order valence-electron chi connectivity index (χ2n) is 11.6. The van der Waals surface area contributed by atoms with Crippen molar-refractivity contribution in [3.8, 4) is 11.1 Å². The van der Waals surface area contributed by atoms with E-state index in [2.05, 4.69) is 15.2 Å². The number of amides is 1. The van der Waals surface area contributed by atoms with Crippen LogP contribution in [0, 0.1) is 0 Å². The van der Waals surface area contributed by atoms with Crippen molar-refractivity contribution in [2.24, 2.45) is 0 Å².